The first-order valence-corrected chi connectivity index (χ1v) is 5.66. The lowest BCUT2D eigenvalue weighted by Gasteiger charge is -2.19. The lowest BCUT2D eigenvalue weighted by atomic mass is 10.4. The van der Waals surface area contributed by atoms with Gasteiger partial charge in [0.05, 0.1) is 6.61 Å². The van der Waals surface area contributed by atoms with E-state index >= 15 is 0 Å². The van der Waals surface area contributed by atoms with Gasteiger partial charge in [-0.25, -0.2) is 0 Å². The summed E-state index contributed by atoms with van der Waals surface area (Å²) in [6.45, 7) is 2.45. The second-order valence-electron chi connectivity index (χ2n) is 3.20. The van der Waals surface area contributed by atoms with Crippen LogP contribution in [-0.4, -0.2) is 36.3 Å². The molecule has 0 atom stereocenters. The molecule has 0 radical (unpaired) electrons. The van der Waals surface area contributed by atoms with Crippen LogP contribution < -0.4 is 0 Å². The highest BCUT2D eigenvalue weighted by atomic mass is 32.2. The van der Waals surface area contributed by atoms with Gasteiger partial charge in [-0.15, -0.1) is 11.8 Å². The number of amides is 1. The van der Waals surface area contributed by atoms with Crippen molar-refractivity contribution in [3.63, 3.8) is 0 Å². The number of rotatable bonds is 1. The standard InChI is InChI=1S/C9H13NO2S/c11-9(10-3-1-2-4-10)8-7-13-6-5-12-8/h7H,1-6H2. The van der Waals surface area contributed by atoms with Crippen LogP contribution in [0.15, 0.2) is 11.2 Å². The molecule has 0 bridgehead atoms. The average molecular weight is 199 g/mol. The summed E-state index contributed by atoms with van der Waals surface area (Å²) in [5.74, 6) is 1.57. The average Bonchev–Trinajstić information content (AvgIpc) is 2.71. The van der Waals surface area contributed by atoms with E-state index in [0.29, 0.717) is 12.4 Å². The number of carbonyl (C=O) groups is 1. The van der Waals surface area contributed by atoms with Crippen LogP contribution >= 0.6 is 11.8 Å². The second kappa shape index (κ2) is 4.05. The first kappa shape index (κ1) is 8.94. The molecule has 1 saturated heterocycles. The molecule has 2 aliphatic rings. The highest BCUT2D eigenvalue weighted by Crippen LogP contribution is 2.19. The van der Waals surface area contributed by atoms with Crippen LogP contribution in [0.3, 0.4) is 0 Å². The van der Waals surface area contributed by atoms with E-state index in [1.54, 1.807) is 11.8 Å². The van der Waals surface area contributed by atoms with Crippen LogP contribution in [0.4, 0.5) is 0 Å². The van der Waals surface area contributed by atoms with E-state index in [-0.39, 0.29) is 5.91 Å². The van der Waals surface area contributed by atoms with Crippen LogP contribution in [0.2, 0.25) is 0 Å². The number of likely N-dealkylation sites (tertiary alicyclic amines) is 1. The van der Waals surface area contributed by atoms with E-state index in [2.05, 4.69) is 0 Å². The summed E-state index contributed by atoms with van der Waals surface area (Å²) in [5, 5.41) is 1.84. The molecular weight excluding hydrogens is 186 g/mol. The maximum absolute atomic E-state index is 11.7. The monoisotopic (exact) mass is 199 g/mol. The maximum atomic E-state index is 11.7. The third-order valence-corrected chi connectivity index (χ3v) is 3.04. The Morgan fingerprint density at radius 3 is 2.85 bits per heavy atom. The first-order chi connectivity index (χ1) is 6.38. The number of hydrogen-bond donors (Lipinski definition) is 0. The van der Waals surface area contributed by atoms with E-state index < -0.39 is 0 Å². The zero-order chi connectivity index (χ0) is 9.10. The second-order valence-corrected chi connectivity index (χ2v) is 4.18. The van der Waals surface area contributed by atoms with Crippen molar-refractivity contribution in [3.8, 4) is 0 Å². The Morgan fingerprint density at radius 1 is 1.46 bits per heavy atom. The molecule has 2 aliphatic heterocycles. The molecule has 3 nitrogen and oxygen atoms in total. The summed E-state index contributed by atoms with van der Waals surface area (Å²) < 4.78 is 5.30. The summed E-state index contributed by atoms with van der Waals surface area (Å²) in [4.78, 5) is 13.6. The molecule has 4 heteroatoms. The van der Waals surface area contributed by atoms with Gasteiger partial charge in [0, 0.05) is 24.3 Å². The SMILES string of the molecule is O=C(C1=CSCCO1)N1CCCC1. The van der Waals surface area contributed by atoms with Gasteiger partial charge in [-0.2, -0.15) is 0 Å². The summed E-state index contributed by atoms with van der Waals surface area (Å²) in [5.41, 5.74) is 0. The van der Waals surface area contributed by atoms with Gasteiger partial charge in [0.2, 0.25) is 0 Å². The van der Waals surface area contributed by atoms with Gasteiger partial charge in [0.25, 0.3) is 5.91 Å². The van der Waals surface area contributed by atoms with Crippen molar-refractivity contribution in [1.82, 2.24) is 4.90 Å². The number of carbonyl (C=O) groups excluding carboxylic acids is 1. The minimum absolute atomic E-state index is 0.0738. The Morgan fingerprint density at radius 2 is 2.23 bits per heavy atom. The lowest BCUT2D eigenvalue weighted by Crippen LogP contribution is -2.30. The molecule has 0 spiro atoms. The maximum Gasteiger partial charge on any atom is 0.289 e. The molecule has 2 heterocycles. The predicted octanol–water partition coefficient (Wildman–Crippen LogP) is 1.21. The molecule has 2 rings (SSSR count). The van der Waals surface area contributed by atoms with Crippen molar-refractivity contribution in [2.24, 2.45) is 0 Å². The zero-order valence-electron chi connectivity index (χ0n) is 7.49. The topological polar surface area (TPSA) is 29.5 Å². The van der Waals surface area contributed by atoms with Crippen LogP contribution in [0.25, 0.3) is 0 Å². The molecule has 0 unspecified atom stereocenters. The van der Waals surface area contributed by atoms with Gasteiger partial charge >= 0.3 is 0 Å². The normalized spacial score (nSPS) is 22.5. The third kappa shape index (κ3) is 1.99. The summed E-state index contributed by atoms with van der Waals surface area (Å²) in [6, 6.07) is 0. The first-order valence-electron chi connectivity index (χ1n) is 4.62. The number of thioether (sulfide) groups is 1. The van der Waals surface area contributed by atoms with E-state index in [4.69, 9.17) is 4.74 Å². The molecule has 1 amide bonds. The van der Waals surface area contributed by atoms with Crippen molar-refractivity contribution in [1.29, 1.82) is 0 Å². The zero-order valence-corrected chi connectivity index (χ0v) is 8.31. The van der Waals surface area contributed by atoms with Gasteiger partial charge in [-0.1, -0.05) is 0 Å². The van der Waals surface area contributed by atoms with Crippen molar-refractivity contribution in [3.05, 3.63) is 11.2 Å². The Balaban J connectivity index is 1.98. The van der Waals surface area contributed by atoms with Gasteiger partial charge in [-0.3, -0.25) is 4.79 Å². The minimum atomic E-state index is 0.0738. The fraction of sp³-hybridized carbons (Fsp3) is 0.667. The molecular formula is C9H13NO2S. The minimum Gasteiger partial charge on any atom is -0.487 e. The molecule has 0 aliphatic carbocycles. The lowest BCUT2D eigenvalue weighted by molar-refractivity contribution is -0.129. The molecule has 1 fully saturated rings. The van der Waals surface area contributed by atoms with Crippen LogP contribution in [0.1, 0.15) is 12.8 Å². The van der Waals surface area contributed by atoms with Crippen LogP contribution in [0, 0.1) is 0 Å². The fourth-order valence-electron chi connectivity index (χ4n) is 1.56. The molecule has 72 valence electrons. The van der Waals surface area contributed by atoms with Gasteiger partial charge in [0.15, 0.2) is 5.76 Å². The number of ether oxygens (including phenoxy) is 1. The van der Waals surface area contributed by atoms with Crippen LogP contribution in [0.5, 0.6) is 0 Å². The third-order valence-electron chi connectivity index (χ3n) is 2.25. The number of nitrogens with zero attached hydrogens (tertiary/aromatic N) is 1. The fourth-order valence-corrected chi connectivity index (χ4v) is 2.17. The van der Waals surface area contributed by atoms with E-state index in [1.165, 1.54) is 0 Å². The smallest absolute Gasteiger partial charge is 0.289 e. The summed E-state index contributed by atoms with van der Waals surface area (Å²) in [7, 11) is 0. The van der Waals surface area contributed by atoms with Crippen LogP contribution in [-0.2, 0) is 9.53 Å². The molecule has 13 heavy (non-hydrogen) atoms. The summed E-state index contributed by atoms with van der Waals surface area (Å²) in [6.07, 6.45) is 2.26. The quantitative estimate of drug-likeness (QED) is 0.636. The Kier molecular flexibility index (Phi) is 2.78. The van der Waals surface area contributed by atoms with Crippen molar-refractivity contribution in [2.45, 2.75) is 12.8 Å². The van der Waals surface area contributed by atoms with Crippen molar-refractivity contribution >= 4 is 17.7 Å². The molecule has 0 aromatic rings. The van der Waals surface area contributed by atoms with Crippen molar-refractivity contribution < 1.29 is 9.53 Å². The number of hydrogen-bond acceptors (Lipinski definition) is 3. The summed E-state index contributed by atoms with van der Waals surface area (Å²) >= 11 is 1.66. The Hall–Kier alpha value is -0.640. The Labute approximate surface area is 82.1 Å². The largest absolute Gasteiger partial charge is 0.487 e. The van der Waals surface area contributed by atoms with Gasteiger partial charge < -0.3 is 9.64 Å². The Bertz CT molecular complexity index is 234. The van der Waals surface area contributed by atoms with Gasteiger partial charge in [0.1, 0.15) is 0 Å². The van der Waals surface area contributed by atoms with E-state index in [0.717, 1.165) is 31.7 Å². The molecule has 0 N–H and O–H groups in total. The highest BCUT2D eigenvalue weighted by molar-refractivity contribution is 8.02. The van der Waals surface area contributed by atoms with E-state index in [9.17, 15) is 4.79 Å². The molecule has 0 aromatic carbocycles. The predicted molar refractivity (Wildman–Crippen MR) is 52.3 cm³/mol. The van der Waals surface area contributed by atoms with Crippen molar-refractivity contribution in [2.75, 3.05) is 25.4 Å². The molecule has 0 aromatic heterocycles. The molecule has 0 saturated carbocycles. The van der Waals surface area contributed by atoms with E-state index in [1.807, 2.05) is 10.3 Å². The highest BCUT2D eigenvalue weighted by Gasteiger charge is 2.23. The van der Waals surface area contributed by atoms with Gasteiger partial charge in [-0.05, 0) is 12.8 Å².